The first-order valence-corrected chi connectivity index (χ1v) is 8.54. The molecule has 1 aliphatic heterocycles. The maximum Gasteiger partial charge on any atom is 0.0439 e. The first kappa shape index (κ1) is 15.3. The van der Waals surface area contributed by atoms with Gasteiger partial charge in [-0.1, -0.05) is 80.9 Å². The minimum Gasteiger partial charge on any atom is -0.295 e. The molecule has 0 aliphatic carbocycles. The second kappa shape index (κ2) is 6.66. The summed E-state index contributed by atoms with van der Waals surface area (Å²) in [4.78, 5) is 2.70. The van der Waals surface area contributed by atoms with Crippen LogP contribution in [-0.4, -0.2) is 18.0 Å². The highest BCUT2D eigenvalue weighted by atomic mass is 15.2. The Morgan fingerprint density at radius 1 is 0.773 bits per heavy atom. The Labute approximate surface area is 135 Å². The van der Waals surface area contributed by atoms with Crippen molar-refractivity contribution in [2.45, 2.75) is 44.6 Å². The molecule has 0 spiro atoms. The van der Waals surface area contributed by atoms with Crippen molar-refractivity contribution in [2.75, 3.05) is 13.1 Å². The molecule has 1 nitrogen and oxygen atoms in total. The molecule has 0 amide bonds. The maximum absolute atomic E-state index is 2.70. The van der Waals surface area contributed by atoms with Gasteiger partial charge in [0.05, 0.1) is 0 Å². The SMILES string of the molecule is CC(C)(c1ccccc1)C(c1ccccc1)N1CCCCC1. The van der Waals surface area contributed by atoms with Crippen LogP contribution in [0, 0.1) is 0 Å². The minimum absolute atomic E-state index is 0.0972. The zero-order chi connectivity index (χ0) is 15.4. The summed E-state index contributed by atoms with van der Waals surface area (Å²) < 4.78 is 0. The van der Waals surface area contributed by atoms with Crippen LogP contribution in [0.4, 0.5) is 0 Å². The number of nitrogens with zero attached hydrogens (tertiary/aromatic N) is 1. The number of piperidine rings is 1. The summed E-state index contributed by atoms with van der Waals surface area (Å²) in [7, 11) is 0. The van der Waals surface area contributed by atoms with Crippen LogP contribution < -0.4 is 0 Å². The zero-order valence-corrected chi connectivity index (χ0v) is 13.8. The first-order chi connectivity index (χ1) is 10.7. The first-order valence-electron chi connectivity index (χ1n) is 8.54. The summed E-state index contributed by atoms with van der Waals surface area (Å²) in [5, 5.41) is 0. The van der Waals surface area contributed by atoms with Gasteiger partial charge in [0.25, 0.3) is 0 Å². The van der Waals surface area contributed by atoms with Crippen molar-refractivity contribution in [3.63, 3.8) is 0 Å². The molecular weight excluding hydrogens is 266 g/mol. The lowest BCUT2D eigenvalue weighted by molar-refractivity contribution is 0.109. The van der Waals surface area contributed by atoms with Crippen molar-refractivity contribution in [1.29, 1.82) is 0 Å². The molecule has 22 heavy (non-hydrogen) atoms. The summed E-state index contributed by atoms with van der Waals surface area (Å²) in [6.45, 7) is 7.23. The van der Waals surface area contributed by atoms with Crippen molar-refractivity contribution in [3.05, 3.63) is 71.8 Å². The van der Waals surface area contributed by atoms with Gasteiger partial charge in [-0.05, 0) is 37.1 Å². The van der Waals surface area contributed by atoms with E-state index in [1.54, 1.807) is 0 Å². The fourth-order valence-corrected chi connectivity index (χ4v) is 3.92. The van der Waals surface area contributed by atoms with Gasteiger partial charge >= 0.3 is 0 Å². The highest BCUT2D eigenvalue weighted by Gasteiger charge is 2.37. The molecule has 3 rings (SSSR count). The second-order valence-corrected chi connectivity index (χ2v) is 7.00. The van der Waals surface area contributed by atoms with Crippen LogP contribution in [0.2, 0.25) is 0 Å². The van der Waals surface area contributed by atoms with Gasteiger partial charge in [0, 0.05) is 11.5 Å². The Balaban J connectivity index is 2.01. The molecule has 1 aliphatic rings. The molecular formula is C21H27N. The Morgan fingerprint density at radius 2 is 1.32 bits per heavy atom. The van der Waals surface area contributed by atoms with Crippen LogP contribution in [0.1, 0.15) is 50.3 Å². The van der Waals surface area contributed by atoms with Gasteiger partial charge in [-0.3, -0.25) is 4.90 Å². The average Bonchev–Trinajstić information content (AvgIpc) is 2.58. The maximum atomic E-state index is 2.70. The molecule has 0 radical (unpaired) electrons. The van der Waals surface area contributed by atoms with Gasteiger partial charge in [0.1, 0.15) is 0 Å². The molecule has 1 unspecified atom stereocenters. The normalized spacial score (nSPS) is 18.1. The molecule has 0 saturated carbocycles. The van der Waals surface area contributed by atoms with Crippen molar-refractivity contribution in [1.82, 2.24) is 4.90 Å². The summed E-state index contributed by atoms with van der Waals surface area (Å²) >= 11 is 0. The van der Waals surface area contributed by atoms with Gasteiger partial charge < -0.3 is 0 Å². The number of likely N-dealkylation sites (tertiary alicyclic amines) is 1. The molecule has 0 bridgehead atoms. The molecule has 116 valence electrons. The summed E-state index contributed by atoms with van der Waals surface area (Å²) in [6, 6.07) is 22.5. The topological polar surface area (TPSA) is 3.24 Å². The van der Waals surface area contributed by atoms with Crippen LogP contribution in [0.25, 0.3) is 0 Å². The third kappa shape index (κ3) is 3.10. The zero-order valence-electron chi connectivity index (χ0n) is 13.8. The van der Waals surface area contributed by atoms with Crippen LogP contribution in [-0.2, 0) is 5.41 Å². The lowest BCUT2D eigenvalue weighted by Crippen LogP contribution is -2.43. The fraction of sp³-hybridized carbons (Fsp3) is 0.429. The van der Waals surface area contributed by atoms with Gasteiger partial charge in [0.15, 0.2) is 0 Å². The molecule has 1 fully saturated rings. The lowest BCUT2D eigenvalue weighted by atomic mass is 9.73. The molecule has 1 heterocycles. The molecule has 2 aromatic carbocycles. The van der Waals surface area contributed by atoms with E-state index in [4.69, 9.17) is 0 Å². The van der Waals surface area contributed by atoms with Gasteiger partial charge in [-0.15, -0.1) is 0 Å². The summed E-state index contributed by atoms with van der Waals surface area (Å²) in [5.74, 6) is 0. The van der Waals surface area contributed by atoms with Crippen LogP contribution >= 0.6 is 0 Å². The number of rotatable bonds is 4. The van der Waals surface area contributed by atoms with E-state index in [2.05, 4.69) is 79.4 Å². The predicted octanol–water partition coefficient (Wildman–Crippen LogP) is 5.19. The average molecular weight is 293 g/mol. The fourth-order valence-electron chi connectivity index (χ4n) is 3.92. The summed E-state index contributed by atoms with van der Waals surface area (Å²) in [5.41, 5.74) is 2.97. The molecule has 1 heteroatoms. The number of hydrogen-bond acceptors (Lipinski definition) is 1. The van der Waals surface area contributed by atoms with Crippen LogP contribution in [0.3, 0.4) is 0 Å². The highest BCUT2D eigenvalue weighted by Crippen LogP contribution is 2.41. The molecule has 2 aromatic rings. The van der Waals surface area contributed by atoms with E-state index in [-0.39, 0.29) is 5.41 Å². The Morgan fingerprint density at radius 3 is 1.91 bits per heavy atom. The number of hydrogen-bond donors (Lipinski definition) is 0. The highest BCUT2D eigenvalue weighted by molar-refractivity contribution is 5.32. The quantitative estimate of drug-likeness (QED) is 0.749. The van der Waals surface area contributed by atoms with E-state index in [0.717, 1.165) is 0 Å². The van der Waals surface area contributed by atoms with E-state index in [1.165, 1.54) is 43.5 Å². The molecule has 1 atom stereocenters. The van der Waals surface area contributed by atoms with E-state index in [0.29, 0.717) is 6.04 Å². The van der Waals surface area contributed by atoms with E-state index < -0.39 is 0 Å². The Hall–Kier alpha value is -1.60. The van der Waals surface area contributed by atoms with E-state index >= 15 is 0 Å². The second-order valence-electron chi connectivity index (χ2n) is 7.00. The number of benzene rings is 2. The van der Waals surface area contributed by atoms with E-state index in [1.807, 2.05) is 0 Å². The third-order valence-electron chi connectivity index (χ3n) is 5.07. The third-order valence-corrected chi connectivity index (χ3v) is 5.07. The van der Waals surface area contributed by atoms with Crippen molar-refractivity contribution in [2.24, 2.45) is 0 Å². The molecule has 0 N–H and O–H groups in total. The smallest absolute Gasteiger partial charge is 0.0439 e. The minimum atomic E-state index is 0.0972. The standard InChI is InChI=1S/C21H27N/c1-21(2,19-14-8-4-9-15-19)20(18-12-6-3-7-13-18)22-16-10-5-11-17-22/h3-4,6-9,12-15,20H,5,10-11,16-17H2,1-2H3. The monoisotopic (exact) mass is 293 g/mol. The molecule has 1 saturated heterocycles. The Bertz CT molecular complexity index is 567. The van der Waals surface area contributed by atoms with E-state index in [9.17, 15) is 0 Å². The van der Waals surface area contributed by atoms with Crippen molar-refractivity contribution < 1.29 is 0 Å². The van der Waals surface area contributed by atoms with Crippen LogP contribution in [0.5, 0.6) is 0 Å². The molecule has 0 aromatic heterocycles. The van der Waals surface area contributed by atoms with Gasteiger partial charge in [-0.25, -0.2) is 0 Å². The predicted molar refractivity (Wildman–Crippen MR) is 94.1 cm³/mol. The van der Waals surface area contributed by atoms with Crippen LogP contribution in [0.15, 0.2) is 60.7 Å². The largest absolute Gasteiger partial charge is 0.295 e. The van der Waals surface area contributed by atoms with Gasteiger partial charge in [-0.2, -0.15) is 0 Å². The lowest BCUT2D eigenvalue weighted by Gasteiger charge is -2.44. The van der Waals surface area contributed by atoms with Crippen molar-refractivity contribution >= 4 is 0 Å². The Kier molecular flexibility index (Phi) is 4.63. The van der Waals surface area contributed by atoms with Gasteiger partial charge in [0.2, 0.25) is 0 Å². The van der Waals surface area contributed by atoms with Crippen molar-refractivity contribution in [3.8, 4) is 0 Å². The summed E-state index contributed by atoms with van der Waals surface area (Å²) in [6.07, 6.45) is 4.03.